The second-order valence-corrected chi connectivity index (χ2v) is 9.81. The number of aliphatic hydroxyl groups is 1. The molecule has 3 aliphatic rings. The first-order valence-electron chi connectivity index (χ1n) is 11.8. The van der Waals surface area contributed by atoms with E-state index >= 15 is 0 Å². The van der Waals surface area contributed by atoms with Crippen molar-refractivity contribution in [3.8, 4) is 5.75 Å². The maximum atomic E-state index is 14.8. The first kappa shape index (κ1) is 24.6. The van der Waals surface area contributed by atoms with Crippen LogP contribution in [0, 0.1) is 40.9 Å². The second-order valence-electron chi connectivity index (χ2n) is 9.81. The van der Waals surface area contributed by atoms with Crippen molar-refractivity contribution in [2.24, 2.45) is 11.8 Å². The summed E-state index contributed by atoms with van der Waals surface area (Å²) in [6.45, 7) is 4.27. The lowest BCUT2D eigenvalue weighted by atomic mass is 9.71. The van der Waals surface area contributed by atoms with Crippen molar-refractivity contribution >= 4 is 10.9 Å². The number of hydrogen-bond acceptors (Lipinski definition) is 3. The molecule has 0 saturated carbocycles. The molecule has 190 valence electrons. The molecule has 6 rings (SSSR count). The molecule has 4 heterocycles. The zero-order chi connectivity index (χ0) is 25.8. The van der Waals surface area contributed by atoms with Crippen LogP contribution in [0.4, 0.5) is 22.0 Å². The summed E-state index contributed by atoms with van der Waals surface area (Å²) in [5.74, 6) is -8.98. The molecule has 3 aliphatic heterocycles. The molecule has 0 radical (unpaired) electrons. The van der Waals surface area contributed by atoms with E-state index in [1.54, 1.807) is 36.5 Å². The number of nitrogens with zero attached hydrogens (tertiary/aromatic N) is 2. The number of piperidine rings is 3. The number of rotatable bonds is 6. The molecule has 3 aromatic rings. The van der Waals surface area contributed by atoms with Crippen LogP contribution in [0.25, 0.3) is 10.9 Å². The Kier molecular flexibility index (Phi) is 6.24. The van der Waals surface area contributed by atoms with Gasteiger partial charge in [-0.2, -0.15) is 0 Å². The summed E-state index contributed by atoms with van der Waals surface area (Å²) in [6.07, 6.45) is 3.49. The highest BCUT2D eigenvalue weighted by molar-refractivity contribution is 5.83. The van der Waals surface area contributed by atoms with Crippen LogP contribution in [0.5, 0.6) is 5.75 Å². The Morgan fingerprint density at radius 1 is 1.11 bits per heavy atom. The van der Waals surface area contributed by atoms with E-state index in [2.05, 4.69) is 11.6 Å². The van der Waals surface area contributed by atoms with E-state index in [0.717, 1.165) is 0 Å². The zero-order valence-electron chi connectivity index (χ0n) is 19.7. The molecule has 1 N–H and O–H groups in total. The molecule has 5 atom stereocenters. The normalized spacial score (nSPS) is 26.2. The Morgan fingerprint density at radius 2 is 1.81 bits per heavy atom. The zero-order valence-corrected chi connectivity index (χ0v) is 19.7. The highest BCUT2D eigenvalue weighted by atomic mass is 19.2. The van der Waals surface area contributed by atoms with Crippen molar-refractivity contribution in [2.45, 2.75) is 31.5 Å². The molecule has 36 heavy (non-hydrogen) atoms. The number of pyridine rings is 1. The van der Waals surface area contributed by atoms with Crippen molar-refractivity contribution < 1.29 is 36.3 Å². The van der Waals surface area contributed by atoms with Crippen molar-refractivity contribution in [1.29, 1.82) is 0 Å². The Labute approximate surface area is 205 Å². The summed E-state index contributed by atoms with van der Waals surface area (Å²) < 4.78 is 76.7. The Bertz CT molecular complexity index is 1320. The Balaban J connectivity index is 1.62. The van der Waals surface area contributed by atoms with Crippen LogP contribution < -0.4 is 4.74 Å². The monoisotopic (exact) mass is 505 g/mol. The Morgan fingerprint density at radius 3 is 2.47 bits per heavy atom. The molecule has 3 saturated heterocycles. The molecule has 3 fully saturated rings. The summed E-state index contributed by atoms with van der Waals surface area (Å²) in [4.78, 5) is 4.35. The molecule has 9 heteroatoms. The summed E-state index contributed by atoms with van der Waals surface area (Å²) in [6, 6.07) is 6.44. The minimum Gasteiger partial charge on any atom is -0.497 e. The minimum absolute atomic E-state index is 0.00209. The summed E-state index contributed by atoms with van der Waals surface area (Å²) in [7, 11) is 1.53. The first-order chi connectivity index (χ1) is 17.2. The van der Waals surface area contributed by atoms with E-state index in [0.29, 0.717) is 48.1 Å². The predicted octanol–water partition coefficient (Wildman–Crippen LogP) is 5.58. The highest BCUT2D eigenvalue weighted by Gasteiger charge is 2.54. The number of aromatic nitrogens is 1. The van der Waals surface area contributed by atoms with Crippen LogP contribution >= 0.6 is 0 Å². The molecule has 1 aromatic heterocycles. The second kappa shape index (κ2) is 9.12. The van der Waals surface area contributed by atoms with Crippen molar-refractivity contribution in [1.82, 2.24) is 4.98 Å². The number of aliphatic hydroxyl groups excluding tert-OH is 1. The summed E-state index contributed by atoms with van der Waals surface area (Å²) in [5, 5.41) is 12.4. The van der Waals surface area contributed by atoms with Crippen LogP contribution in [0.15, 0.2) is 43.1 Å². The van der Waals surface area contributed by atoms with Gasteiger partial charge in [0.15, 0.2) is 23.3 Å². The van der Waals surface area contributed by atoms with Gasteiger partial charge in [-0.15, -0.1) is 6.58 Å². The van der Waals surface area contributed by atoms with Crippen molar-refractivity contribution in [3.05, 3.63) is 83.3 Å². The number of halogens is 5. The van der Waals surface area contributed by atoms with Gasteiger partial charge in [0.05, 0.1) is 31.3 Å². The van der Waals surface area contributed by atoms with Gasteiger partial charge in [0, 0.05) is 30.3 Å². The molecule has 2 bridgehead atoms. The minimum atomic E-state index is -2.18. The van der Waals surface area contributed by atoms with Gasteiger partial charge in [-0.05, 0) is 35.7 Å². The molecule has 5 unspecified atom stereocenters. The summed E-state index contributed by atoms with van der Waals surface area (Å²) >= 11 is 0. The number of fused-ring (bicyclic) bond motifs is 4. The average Bonchev–Trinajstić information content (AvgIpc) is 2.92. The lowest BCUT2D eigenvalue weighted by Gasteiger charge is -2.58. The van der Waals surface area contributed by atoms with Gasteiger partial charge in [0.2, 0.25) is 5.82 Å². The van der Waals surface area contributed by atoms with E-state index in [4.69, 9.17) is 4.74 Å². The van der Waals surface area contributed by atoms with E-state index < -0.39 is 53.3 Å². The van der Waals surface area contributed by atoms with Gasteiger partial charge in [0.1, 0.15) is 24.4 Å². The Hall–Kier alpha value is -3.04. The van der Waals surface area contributed by atoms with Crippen LogP contribution in [0.1, 0.15) is 30.1 Å². The average molecular weight is 506 g/mol. The van der Waals surface area contributed by atoms with Crippen LogP contribution in [-0.2, 0) is 6.54 Å². The van der Waals surface area contributed by atoms with Crippen LogP contribution in [0.2, 0.25) is 0 Å². The van der Waals surface area contributed by atoms with Gasteiger partial charge in [-0.3, -0.25) is 4.98 Å². The SMILES string of the molecule is C=CC1C[N+]2(Cc3c(F)c(F)c(F)c(F)c3F)CCC1CC2C(O)c1ccnc2ccc(OC)cc12. The number of methoxy groups -OCH3 is 1. The predicted molar refractivity (Wildman–Crippen MR) is 123 cm³/mol. The number of quaternary nitrogens is 1. The van der Waals surface area contributed by atoms with E-state index in [1.807, 2.05) is 0 Å². The van der Waals surface area contributed by atoms with E-state index in [1.165, 1.54) is 7.11 Å². The van der Waals surface area contributed by atoms with E-state index in [-0.39, 0.29) is 16.3 Å². The molecular weight excluding hydrogens is 479 g/mol. The first-order valence-corrected chi connectivity index (χ1v) is 11.8. The lowest BCUT2D eigenvalue weighted by Crippen LogP contribution is -2.67. The molecule has 0 spiro atoms. The number of hydrogen-bond donors (Lipinski definition) is 1. The van der Waals surface area contributed by atoms with E-state index in [9.17, 15) is 27.1 Å². The van der Waals surface area contributed by atoms with Crippen molar-refractivity contribution in [3.63, 3.8) is 0 Å². The van der Waals surface area contributed by atoms with Gasteiger partial charge < -0.3 is 14.3 Å². The topological polar surface area (TPSA) is 42.4 Å². The van der Waals surface area contributed by atoms with Gasteiger partial charge in [-0.1, -0.05) is 6.08 Å². The third-order valence-electron chi connectivity index (χ3n) is 8.11. The third kappa shape index (κ3) is 3.76. The fourth-order valence-corrected chi connectivity index (χ4v) is 6.22. The van der Waals surface area contributed by atoms with Crippen LogP contribution in [-0.4, -0.2) is 40.8 Å². The molecule has 2 aromatic carbocycles. The molecule has 0 amide bonds. The maximum Gasteiger partial charge on any atom is 0.200 e. The molecular formula is C27H26F5N2O2+. The molecule has 4 nitrogen and oxygen atoms in total. The number of ether oxygens (including phenoxy) is 1. The fourth-order valence-electron chi connectivity index (χ4n) is 6.22. The molecule has 0 aliphatic carbocycles. The quantitative estimate of drug-likeness (QED) is 0.156. The third-order valence-corrected chi connectivity index (χ3v) is 8.11. The smallest absolute Gasteiger partial charge is 0.200 e. The van der Waals surface area contributed by atoms with Gasteiger partial charge >= 0.3 is 0 Å². The largest absolute Gasteiger partial charge is 0.497 e. The standard InChI is InChI=1S/C27H26F5N2O2/c1-3-14-12-34(13-19-22(28)24(30)26(32)25(31)23(19)29)9-7-15(14)10-21(34)27(35)17-6-8-33-20-5-4-16(36-2)11-18(17)20/h3-6,8,11,14-15,21,27,35H,1,7,9-10,12-13H2,2H3/q+1. The van der Waals surface area contributed by atoms with Crippen molar-refractivity contribution in [2.75, 3.05) is 20.2 Å². The van der Waals surface area contributed by atoms with Crippen LogP contribution in [0.3, 0.4) is 0 Å². The highest BCUT2D eigenvalue weighted by Crippen LogP contribution is 2.48. The fraction of sp³-hybridized carbons (Fsp3) is 0.370. The summed E-state index contributed by atoms with van der Waals surface area (Å²) in [5.41, 5.74) is 0.355. The maximum absolute atomic E-state index is 14.8. The number of benzene rings is 2. The van der Waals surface area contributed by atoms with Gasteiger partial charge in [-0.25, -0.2) is 22.0 Å². The van der Waals surface area contributed by atoms with Gasteiger partial charge in [0.25, 0.3) is 0 Å². The lowest BCUT2D eigenvalue weighted by molar-refractivity contribution is -0.985.